The SMILES string of the molecule is C1=Nc2ccccc2CN1c1ccccc1.Cl.Cl. The average Bonchev–Trinajstić information content (AvgIpc) is 2.39. The van der Waals surface area contributed by atoms with Gasteiger partial charge in [0.15, 0.2) is 0 Å². The molecule has 18 heavy (non-hydrogen) atoms. The van der Waals surface area contributed by atoms with Crippen molar-refractivity contribution in [2.45, 2.75) is 6.54 Å². The molecule has 2 aromatic carbocycles. The van der Waals surface area contributed by atoms with Crippen molar-refractivity contribution in [2.75, 3.05) is 4.90 Å². The summed E-state index contributed by atoms with van der Waals surface area (Å²) in [4.78, 5) is 6.61. The Hall–Kier alpha value is -1.51. The van der Waals surface area contributed by atoms with Gasteiger partial charge in [0.25, 0.3) is 0 Å². The van der Waals surface area contributed by atoms with Gasteiger partial charge in [0.2, 0.25) is 0 Å². The third kappa shape index (κ3) is 2.84. The molecule has 0 N–H and O–H groups in total. The van der Waals surface area contributed by atoms with Gasteiger partial charge in [-0.3, -0.25) is 0 Å². The highest BCUT2D eigenvalue weighted by molar-refractivity contribution is 5.85. The van der Waals surface area contributed by atoms with Crippen LogP contribution >= 0.6 is 24.8 Å². The van der Waals surface area contributed by atoms with Crippen molar-refractivity contribution in [1.29, 1.82) is 0 Å². The lowest BCUT2D eigenvalue weighted by Gasteiger charge is -2.24. The van der Waals surface area contributed by atoms with E-state index < -0.39 is 0 Å². The van der Waals surface area contributed by atoms with Crippen LogP contribution in [0.15, 0.2) is 59.6 Å². The third-order valence-corrected chi connectivity index (χ3v) is 2.76. The van der Waals surface area contributed by atoms with Crippen molar-refractivity contribution in [1.82, 2.24) is 0 Å². The summed E-state index contributed by atoms with van der Waals surface area (Å²) in [5, 5.41) is 0. The van der Waals surface area contributed by atoms with Crippen LogP contribution in [0.4, 0.5) is 11.4 Å². The van der Waals surface area contributed by atoms with Gasteiger partial charge in [-0.05, 0) is 23.8 Å². The Kier molecular flexibility index (Phi) is 5.20. The minimum Gasteiger partial charge on any atom is -0.328 e. The molecule has 1 heterocycles. The van der Waals surface area contributed by atoms with Gasteiger partial charge in [-0.1, -0.05) is 36.4 Å². The molecule has 94 valence electrons. The van der Waals surface area contributed by atoms with Crippen molar-refractivity contribution in [3.05, 3.63) is 60.2 Å². The number of rotatable bonds is 1. The maximum absolute atomic E-state index is 4.45. The predicted octanol–water partition coefficient (Wildman–Crippen LogP) is 4.21. The Morgan fingerprint density at radius 1 is 0.833 bits per heavy atom. The van der Waals surface area contributed by atoms with Gasteiger partial charge in [0.05, 0.1) is 18.6 Å². The average molecular weight is 281 g/mol. The molecule has 3 rings (SSSR count). The summed E-state index contributed by atoms with van der Waals surface area (Å²) < 4.78 is 0. The monoisotopic (exact) mass is 280 g/mol. The zero-order chi connectivity index (χ0) is 10.8. The molecule has 0 saturated carbocycles. The Morgan fingerprint density at radius 3 is 2.28 bits per heavy atom. The first-order valence-electron chi connectivity index (χ1n) is 5.37. The number of para-hydroxylation sites is 2. The molecule has 2 nitrogen and oxygen atoms in total. The van der Waals surface area contributed by atoms with Crippen LogP contribution in [-0.4, -0.2) is 6.34 Å². The molecule has 0 amide bonds. The van der Waals surface area contributed by atoms with Crippen molar-refractivity contribution in [3.8, 4) is 0 Å². The van der Waals surface area contributed by atoms with Crippen LogP contribution < -0.4 is 4.90 Å². The molecule has 2 aromatic rings. The van der Waals surface area contributed by atoms with E-state index in [0.29, 0.717) is 0 Å². The second kappa shape index (κ2) is 6.43. The van der Waals surface area contributed by atoms with E-state index >= 15 is 0 Å². The smallest absolute Gasteiger partial charge is 0.0960 e. The Morgan fingerprint density at radius 2 is 1.50 bits per heavy atom. The van der Waals surface area contributed by atoms with E-state index in [1.165, 1.54) is 11.3 Å². The van der Waals surface area contributed by atoms with Gasteiger partial charge >= 0.3 is 0 Å². The quantitative estimate of drug-likeness (QED) is 0.764. The lowest BCUT2D eigenvalue weighted by Crippen LogP contribution is -2.22. The van der Waals surface area contributed by atoms with E-state index in [2.05, 4.69) is 34.2 Å². The minimum atomic E-state index is 0. The van der Waals surface area contributed by atoms with Crippen LogP contribution in [-0.2, 0) is 6.54 Å². The molecule has 1 aliphatic rings. The highest BCUT2D eigenvalue weighted by Crippen LogP contribution is 2.26. The van der Waals surface area contributed by atoms with Crippen LogP contribution in [0, 0.1) is 0 Å². The molecule has 0 spiro atoms. The molecule has 0 bridgehead atoms. The van der Waals surface area contributed by atoms with E-state index in [1.54, 1.807) is 0 Å². The van der Waals surface area contributed by atoms with Crippen LogP contribution in [0.1, 0.15) is 5.56 Å². The van der Waals surface area contributed by atoms with Crippen molar-refractivity contribution < 1.29 is 0 Å². The fourth-order valence-corrected chi connectivity index (χ4v) is 1.90. The topological polar surface area (TPSA) is 15.6 Å². The molecule has 0 aliphatic carbocycles. The molecule has 0 radical (unpaired) electrons. The molecule has 1 aliphatic heterocycles. The summed E-state index contributed by atoms with van der Waals surface area (Å²) in [6, 6.07) is 18.6. The first-order valence-corrected chi connectivity index (χ1v) is 5.37. The fraction of sp³-hybridized carbons (Fsp3) is 0.0714. The second-order valence-corrected chi connectivity index (χ2v) is 3.84. The Balaban J connectivity index is 0.000000810. The molecule has 0 aromatic heterocycles. The lowest BCUT2D eigenvalue weighted by molar-refractivity contribution is 0.997. The Bertz CT molecular complexity index is 526. The highest BCUT2D eigenvalue weighted by atomic mass is 35.5. The molecule has 0 unspecified atom stereocenters. The minimum absolute atomic E-state index is 0. The summed E-state index contributed by atoms with van der Waals surface area (Å²) in [5.41, 5.74) is 3.53. The third-order valence-electron chi connectivity index (χ3n) is 2.76. The second-order valence-electron chi connectivity index (χ2n) is 3.84. The number of halogens is 2. The number of hydrogen-bond donors (Lipinski definition) is 0. The summed E-state index contributed by atoms with van der Waals surface area (Å²) in [6.07, 6.45) is 1.90. The standard InChI is InChI=1S/C14H12N2.2ClH/c1-2-7-13(8-3-1)16-10-12-6-4-5-9-14(12)15-11-16;;/h1-9,11H,10H2;2*1H. The lowest BCUT2D eigenvalue weighted by atomic mass is 10.1. The van der Waals surface area contributed by atoms with Crippen molar-refractivity contribution in [3.63, 3.8) is 0 Å². The number of fused-ring (bicyclic) bond motifs is 1. The largest absolute Gasteiger partial charge is 0.328 e. The summed E-state index contributed by atoms with van der Waals surface area (Å²) in [5.74, 6) is 0. The Labute approximate surface area is 119 Å². The van der Waals surface area contributed by atoms with E-state index in [1.807, 2.05) is 36.7 Å². The van der Waals surface area contributed by atoms with E-state index in [-0.39, 0.29) is 24.8 Å². The first-order chi connectivity index (χ1) is 7.93. The fourth-order valence-electron chi connectivity index (χ4n) is 1.90. The molecule has 0 atom stereocenters. The zero-order valence-electron chi connectivity index (χ0n) is 9.69. The number of anilines is 1. The normalized spacial score (nSPS) is 12.1. The maximum atomic E-state index is 4.45. The van der Waals surface area contributed by atoms with Gasteiger partial charge in [0, 0.05) is 5.69 Å². The van der Waals surface area contributed by atoms with Gasteiger partial charge in [-0.25, -0.2) is 4.99 Å². The van der Waals surface area contributed by atoms with Crippen LogP contribution in [0.2, 0.25) is 0 Å². The van der Waals surface area contributed by atoms with Crippen LogP contribution in [0.25, 0.3) is 0 Å². The number of nitrogens with zero attached hydrogens (tertiary/aromatic N) is 2. The number of aliphatic imine (C=N–C) groups is 1. The van der Waals surface area contributed by atoms with E-state index in [0.717, 1.165) is 12.2 Å². The highest BCUT2D eigenvalue weighted by Gasteiger charge is 2.11. The summed E-state index contributed by atoms with van der Waals surface area (Å²) in [6.45, 7) is 0.893. The summed E-state index contributed by atoms with van der Waals surface area (Å²) in [7, 11) is 0. The zero-order valence-corrected chi connectivity index (χ0v) is 11.3. The van der Waals surface area contributed by atoms with Gasteiger partial charge in [0.1, 0.15) is 0 Å². The first kappa shape index (κ1) is 14.6. The maximum Gasteiger partial charge on any atom is 0.0960 e. The number of benzene rings is 2. The van der Waals surface area contributed by atoms with Crippen molar-refractivity contribution >= 4 is 42.5 Å². The molecular formula is C14H14Cl2N2. The van der Waals surface area contributed by atoms with Crippen LogP contribution in [0.3, 0.4) is 0 Å². The molecule has 0 saturated heterocycles. The number of hydrogen-bond acceptors (Lipinski definition) is 2. The molecular weight excluding hydrogens is 267 g/mol. The molecule has 4 heteroatoms. The summed E-state index contributed by atoms with van der Waals surface area (Å²) >= 11 is 0. The predicted molar refractivity (Wildman–Crippen MR) is 81.7 cm³/mol. The van der Waals surface area contributed by atoms with E-state index in [4.69, 9.17) is 0 Å². The van der Waals surface area contributed by atoms with E-state index in [9.17, 15) is 0 Å². The molecule has 0 fully saturated rings. The van der Waals surface area contributed by atoms with Gasteiger partial charge < -0.3 is 4.90 Å². The van der Waals surface area contributed by atoms with Gasteiger partial charge in [-0.2, -0.15) is 0 Å². The van der Waals surface area contributed by atoms with Crippen molar-refractivity contribution in [2.24, 2.45) is 4.99 Å². The van der Waals surface area contributed by atoms with Gasteiger partial charge in [-0.15, -0.1) is 24.8 Å². The van der Waals surface area contributed by atoms with Crippen LogP contribution in [0.5, 0.6) is 0 Å².